The molecule has 0 spiro atoms. The van der Waals surface area contributed by atoms with Crippen molar-refractivity contribution >= 4 is 17.7 Å². The molecule has 158 valence electrons. The minimum atomic E-state index is -1.39. The molecule has 3 aromatic rings. The number of hydrogen-bond acceptors (Lipinski definition) is 3. The molecule has 0 aliphatic carbocycles. The van der Waals surface area contributed by atoms with Gasteiger partial charge in [0.1, 0.15) is 11.7 Å². The Morgan fingerprint density at radius 2 is 1.74 bits per heavy atom. The Bertz CT molecular complexity index is 1190. The molecule has 3 aromatic carbocycles. The maximum absolute atomic E-state index is 13.9. The predicted octanol–water partition coefficient (Wildman–Crippen LogP) is 3.76. The van der Waals surface area contributed by atoms with Crippen LogP contribution in [-0.4, -0.2) is 29.9 Å². The number of hydrogen-bond donors (Lipinski definition) is 3. The zero-order valence-corrected chi connectivity index (χ0v) is 17.1. The van der Waals surface area contributed by atoms with Gasteiger partial charge in [0.2, 0.25) is 0 Å². The minimum Gasteiger partial charge on any atom is -0.478 e. The number of carbonyl (C=O) groups is 2. The first-order valence-corrected chi connectivity index (χ1v) is 9.57. The van der Waals surface area contributed by atoms with Crippen LogP contribution in [0.2, 0.25) is 0 Å². The third-order valence-electron chi connectivity index (χ3n) is 4.87. The van der Waals surface area contributed by atoms with Gasteiger partial charge in [0.25, 0.3) is 5.91 Å². The second-order valence-corrected chi connectivity index (χ2v) is 7.02. The number of nitrogens with one attached hydrogen (secondary N) is 1. The number of carboxylic acid groups (broad SMARTS) is 1. The zero-order valence-electron chi connectivity index (χ0n) is 17.1. The van der Waals surface area contributed by atoms with Crippen LogP contribution in [0.25, 0.3) is 11.1 Å². The lowest BCUT2D eigenvalue weighted by molar-refractivity contribution is 0.0691. The summed E-state index contributed by atoms with van der Waals surface area (Å²) >= 11 is 0. The van der Waals surface area contributed by atoms with Gasteiger partial charge in [-0.25, -0.2) is 9.18 Å². The van der Waals surface area contributed by atoms with E-state index in [1.807, 2.05) is 44.3 Å². The summed E-state index contributed by atoms with van der Waals surface area (Å²) in [5, 5.41) is 12.0. The Morgan fingerprint density at radius 3 is 2.39 bits per heavy atom. The maximum atomic E-state index is 13.9. The molecule has 0 fully saturated rings. The van der Waals surface area contributed by atoms with Crippen LogP contribution in [0, 0.1) is 12.7 Å². The number of carboxylic acids is 1. The van der Waals surface area contributed by atoms with Gasteiger partial charge in [-0.15, -0.1) is 0 Å². The van der Waals surface area contributed by atoms with Crippen LogP contribution in [0.1, 0.15) is 37.4 Å². The molecule has 0 saturated heterocycles. The topological polar surface area (TPSA) is 105 Å². The summed E-state index contributed by atoms with van der Waals surface area (Å²) in [6, 6.07) is 16.6. The highest BCUT2D eigenvalue weighted by atomic mass is 19.1. The molecule has 4 N–H and O–H groups in total. The van der Waals surface area contributed by atoms with Gasteiger partial charge in [-0.3, -0.25) is 4.79 Å². The number of aromatic carboxylic acids is 1. The van der Waals surface area contributed by atoms with Gasteiger partial charge in [-0.05, 0) is 60.5 Å². The van der Waals surface area contributed by atoms with Crippen molar-refractivity contribution in [1.82, 2.24) is 5.32 Å². The third kappa shape index (κ3) is 4.84. The van der Waals surface area contributed by atoms with Crippen molar-refractivity contribution in [3.05, 3.63) is 94.3 Å². The fraction of sp³-hybridized carbons (Fsp3) is 0.125. The highest BCUT2D eigenvalue weighted by molar-refractivity contribution is 6.09. The number of halogens is 1. The Hall–Kier alpha value is -3.84. The number of nitrogens with two attached hydrogens (primary N) is 1. The van der Waals surface area contributed by atoms with E-state index in [9.17, 15) is 14.0 Å². The van der Waals surface area contributed by atoms with Crippen molar-refractivity contribution in [2.24, 2.45) is 10.7 Å². The lowest BCUT2D eigenvalue weighted by atomic mass is 9.94. The standard InChI is InChI=1S/C24H22FN3O3/c1-14-5-3-4-6-18(14)19-9-8-16(11-17(19)13-27-2)23(29)28-22(26)15-7-10-20(24(30)31)21(25)12-15/h3-12,27H,13H2,1-2H3,(H,30,31)(H2,26,28,29). The van der Waals surface area contributed by atoms with Gasteiger partial charge in [0, 0.05) is 17.7 Å². The molecule has 0 aliphatic rings. The van der Waals surface area contributed by atoms with Crippen LogP contribution in [0.15, 0.2) is 65.7 Å². The van der Waals surface area contributed by atoms with E-state index >= 15 is 0 Å². The van der Waals surface area contributed by atoms with Gasteiger partial charge >= 0.3 is 5.97 Å². The SMILES string of the molecule is CNCc1cc(C(=O)N=C(N)c2ccc(C(=O)O)c(F)c2)ccc1-c1ccccc1C. The second kappa shape index (κ2) is 9.32. The summed E-state index contributed by atoms with van der Waals surface area (Å²) in [5.41, 5.74) is 9.98. The summed E-state index contributed by atoms with van der Waals surface area (Å²) in [7, 11) is 1.82. The van der Waals surface area contributed by atoms with E-state index in [0.29, 0.717) is 12.1 Å². The Kier molecular flexibility index (Phi) is 6.57. The summed E-state index contributed by atoms with van der Waals surface area (Å²) in [4.78, 5) is 27.5. The summed E-state index contributed by atoms with van der Waals surface area (Å²) in [6.45, 7) is 2.57. The van der Waals surface area contributed by atoms with Gasteiger partial charge < -0.3 is 16.2 Å². The average molecular weight is 419 g/mol. The summed E-state index contributed by atoms with van der Waals surface area (Å²) in [5.74, 6) is -3.11. The molecule has 0 unspecified atom stereocenters. The number of nitrogens with zero attached hydrogens (tertiary/aromatic N) is 1. The van der Waals surface area contributed by atoms with E-state index in [1.54, 1.807) is 12.1 Å². The van der Waals surface area contributed by atoms with E-state index in [-0.39, 0.29) is 11.4 Å². The molecule has 0 bridgehead atoms. The van der Waals surface area contributed by atoms with Crippen molar-refractivity contribution in [2.45, 2.75) is 13.5 Å². The van der Waals surface area contributed by atoms with E-state index < -0.39 is 23.3 Å². The highest BCUT2D eigenvalue weighted by Gasteiger charge is 2.15. The number of aryl methyl sites for hydroxylation is 1. The number of amidine groups is 1. The Labute approximate surface area is 179 Å². The van der Waals surface area contributed by atoms with Crippen molar-refractivity contribution in [3.8, 4) is 11.1 Å². The number of carbonyl (C=O) groups excluding carboxylic acids is 1. The first kappa shape index (κ1) is 21.9. The van der Waals surface area contributed by atoms with Gasteiger partial charge in [0.05, 0.1) is 5.56 Å². The fourth-order valence-electron chi connectivity index (χ4n) is 3.29. The third-order valence-corrected chi connectivity index (χ3v) is 4.87. The summed E-state index contributed by atoms with van der Waals surface area (Å²) < 4.78 is 13.9. The molecule has 3 rings (SSSR count). The molecule has 6 nitrogen and oxygen atoms in total. The molecular weight excluding hydrogens is 397 g/mol. The van der Waals surface area contributed by atoms with E-state index in [0.717, 1.165) is 34.4 Å². The van der Waals surface area contributed by atoms with Gasteiger partial charge in [-0.1, -0.05) is 36.4 Å². The van der Waals surface area contributed by atoms with Crippen LogP contribution in [0.5, 0.6) is 0 Å². The lowest BCUT2D eigenvalue weighted by Gasteiger charge is -2.13. The van der Waals surface area contributed by atoms with Crippen molar-refractivity contribution < 1.29 is 19.1 Å². The van der Waals surface area contributed by atoms with Crippen molar-refractivity contribution in [2.75, 3.05) is 7.05 Å². The van der Waals surface area contributed by atoms with Crippen molar-refractivity contribution in [1.29, 1.82) is 0 Å². The minimum absolute atomic E-state index is 0.128. The monoisotopic (exact) mass is 419 g/mol. The van der Waals surface area contributed by atoms with E-state index in [4.69, 9.17) is 10.8 Å². The molecule has 0 radical (unpaired) electrons. The lowest BCUT2D eigenvalue weighted by Crippen LogP contribution is -2.17. The second-order valence-electron chi connectivity index (χ2n) is 7.02. The molecule has 7 heteroatoms. The number of amides is 1. The molecule has 0 aliphatic heterocycles. The molecule has 0 heterocycles. The average Bonchev–Trinajstić information content (AvgIpc) is 2.74. The number of aliphatic imine (C=N–C) groups is 1. The van der Waals surface area contributed by atoms with Crippen LogP contribution in [0.3, 0.4) is 0 Å². The van der Waals surface area contributed by atoms with Gasteiger partial charge in [0.15, 0.2) is 0 Å². The van der Waals surface area contributed by atoms with Crippen LogP contribution in [-0.2, 0) is 6.54 Å². The van der Waals surface area contributed by atoms with E-state index in [1.165, 1.54) is 6.07 Å². The molecule has 31 heavy (non-hydrogen) atoms. The molecule has 1 amide bonds. The molecule has 0 saturated carbocycles. The Balaban J connectivity index is 1.94. The fourth-order valence-corrected chi connectivity index (χ4v) is 3.29. The van der Waals surface area contributed by atoms with E-state index in [2.05, 4.69) is 10.3 Å². The zero-order chi connectivity index (χ0) is 22.5. The highest BCUT2D eigenvalue weighted by Crippen LogP contribution is 2.28. The quantitative estimate of drug-likeness (QED) is 0.417. The molecule has 0 aromatic heterocycles. The smallest absolute Gasteiger partial charge is 0.338 e. The molecular formula is C24H22FN3O3. The maximum Gasteiger partial charge on any atom is 0.338 e. The summed E-state index contributed by atoms with van der Waals surface area (Å²) in [6.07, 6.45) is 0. The first-order chi connectivity index (χ1) is 14.8. The normalized spacial score (nSPS) is 11.4. The van der Waals surface area contributed by atoms with Crippen molar-refractivity contribution in [3.63, 3.8) is 0 Å². The predicted molar refractivity (Wildman–Crippen MR) is 118 cm³/mol. The van der Waals surface area contributed by atoms with Crippen LogP contribution in [0.4, 0.5) is 4.39 Å². The van der Waals surface area contributed by atoms with Gasteiger partial charge in [-0.2, -0.15) is 4.99 Å². The number of rotatable bonds is 6. The molecule has 0 atom stereocenters. The number of benzene rings is 3. The largest absolute Gasteiger partial charge is 0.478 e. The van der Waals surface area contributed by atoms with Crippen LogP contribution >= 0.6 is 0 Å². The Morgan fingerprint density at radius 1 is 1.03 bits per heavy atom. The first-order valence-electron chi connectivity index (χ1n) is 9.57. The van der Waals surface area contributed by atoms with Crippen LogP contribution < -0.4 is 11.1 Å².